The summed E-state index contributed by atoms with van der Waals surface area (Å²) in [5, 5.41) is 19.1. The number of hydrogen-bond acceptors (Lipinski definition) is 4. The number of benzene rings is 2. The number of hydrogen-bond donors (Lipinski definition) is 0. The van der Waals surface area contributed by atoms with Crippen molar-refractivity contribution < 1.29 is 4.92 Å². The highest BCUT2D eigenvalue weighted by molar-refractivity contribution is 6.30. The molecule has 0 saturated carbocycles. The van der Waals surface area contributed by atoms with Gasteiger partial charge in [-0.2, -0.15) is 10.2 Å². The quantitative estimate of drug-likeness (QED) is 0.458. The summed E-state index contributed by atoms with van der Waals surface area (Å²) in [6, 6.07) is 12.8. The molecule has 2 rings (SSSR count). The topological polar surface area (TPSA) is 67.9 Å². The molecule has 0 aliphatic heterocycles. The van der Waals surface area contributed by atoms with Crippen molar-refractivity contribution in [3.8, 4) is 0 Å². The van der Waals surface area contributed by atoms with Gasteiger partial charge in [0, 0.05) is 17.2 Å². The van der Waals surface area contributed by atoms with E-state index in [-0.39, 0.29) is 5.69 Å². The Morgan fingerprint density at radius 3 is 2.33 bits per heavy atom. The summed E-state index contributed by atoms with van der Waals surface area (Å²) in [4.78, 5) is 10.1. The maximum absolute atomic E-state index is 10.6. The number of rotatable bonds is 3. The molecule has 90 valence electrons. The van der Waals surface area contributed by atoms with Gasteiger partial charge in [-0.15, -0.1) is 0 Å². The van der Waals surface area contributed by atoms with Crippen LogP contribution >= 0.6 is 11.6 Å². The maximum atomic E-state index is 10.6. The minimum absolute atomic E-state index is 0.0115. The van der Waals surface area contributed by atoms with Crippen molar-refractivity contribution in [3.05, 3.63) is 63.7 Å². The molecular weight excluding hydrogens is 254 g/mol. The molecule has 18 heavy (non-hydrogen) atoms. The average molecular weight is 262 g/mol. The Bertz CT molecular complexity index is 597. The molecule has 0 bridgehead atoms. The van der Waals surface area contributed by atoms with E-state index < -0.39 is 4.92 Å². The molecule has 2 aromatic carbocycles. The third kappa shape index (κ3) is 3.11. The van der Waals surface area contributed by atoms with E-state index in [0.29, 0.717) is 16.4 Å². The summed E-state index contributed by atoms with van der Waals surface area (Å²) in [6.45, 7) is 0. The molecule has 0 fully saturated rings. The zero-order chi connectivity index (χ0) is 13.0. The van der Waals surface area contributed by atoms with Gasteiger partial charge in [0.15, 0.2) is 0 Å². The third-order valence-corrected chi connectivity index (χ3v) is 2.40. The lowest BCUT2D eigenvalue weighted by Gasteiger charge is -1.94. The summed E-state index contributed by atoms with van der Waals surface area (Å²) in [7, 11) is 0. The van der Waals surface area contributed by atoms with Crippen molar-refractivity contribution in [1.82, 2.24) is 0 Å². The molecule has 0 heterocycles. The van der Waals surface area contributed by atoms with E-state index in [0.717, 1.165) is 0 Å². The predicted molar refractivity (Wildman–Crippen MR) is 68.7 cm³/mol. The number of non-ortho nitro benzene ring substituents is 1. The molecule has 6 heteroatoms. The first-order valence-electron chi connectivity index (χ1n) is 5.07. The Balaban J connectivity index is 2.20. The molecular formula is C12H8ClN3O2. The fourth-order valence-corrected chi connectivity index (χ4v) is 1.42. The maximum Gasteiger partial charge on any atom is 0.271 e. The molecule has 0 spiro atoms. The van der Waals surface area contributed by atoms with Gasteiger partial charge in [-0.3, -0.25) is 10.1 Å². The van der Waals surface area contributed by atoms with Crippen LogP contribution in [0.3, 0.4) is 0 Å². The monoisotopic (exact) mass is 261 g/mol. The van der Waals surface area contributed by atoms with Gasteiger partial charge in [0.1, 0.15) is 0 Å². The van der Waals surface area contributed by atoms with Crippen LogP contribution in [-0.2, 0) is 0 Å². The first kappa shape index (κ1) is 12.2. The van der Waals surface area contributed by atoms with Crippen LogP contribution in [0.25, 0.3) is 0 Å². The molecule has 0 aliphatic rings. The zero-order valence-corrected chi connectivity index (χ0v) is 9.91. The molecule has 0 radical (unpaired) electrons. The molecule has 0 atom stereocenters. The fraction of sp³-hybridized carbons (Fsp3) is 0. The summed E-state index contributed by atoms with van der Waals surface area (Å²) in [5.41, 5.74) is 1.05. The Labute approximate surface area is 108 Å². The van der Waals surface area contributed by atoms with Crippen molar-refractivity contribution in [2.75, 3.05) is 0 Å². The van der Waals surface area contributed by atoms with Crippen LogP contribution < -0.4 is 0 Å². The second-order valence-corrected chi connectivity index (χ2v) is 3.89. The van der Waals surface area contributed by atoms with Crippen molar-refractivity contribution >= 4 is 28.7 Å². The van der Waals surface area contributed by atoms with Gasteiger partial charge < -0.3 is 0 Å². The van der Waals surface area contributed by atoms with Crippen LogP contribution in [-0.4, -0.2) is 4.92 Å². The molecule has 0 saturated heterocycles. The molecule has 0 unspecified atom stereocenters. The average Bonchev–Trinajstić information content (AvgIpc) is 2.38. The van der Waals surface area contributed by atoms with Gasteiger partial charge in [-0.25, -0.2) is 0 Å². The van der Waals surface area contributed by atoms with Crippen molar-refractivity contribution in [3.63, 3.8) is 0 Å². The molecule has 5 nitrogen and oxygen atoms in total. The predicted octanol–water partition coefficient (Wildman–Crippen LogP) is 4.66. The van der Waals surface area contributed by atoms with Gasteiger partial charge in [0.2, 0.25) is 0 Å². The van der Waals surface area contributed by atoms with E-state index >= 15 is 0 Å². The molecule has 0 N–H and O–H groups in total. The lowest BCUT2D eigenvalue weighted by Crippen LogP contribution is -1.85. The first-order valence-corrected chi connectivity index (χ1v) is 5.45. The van der Waals surface area contributed by atoms with Gasteiger partial charge in [0.05, 0.1) is 16.3 Å². The van der Waals surface area contributed by atoms with Gasteiger partial charge in [0.25, 0.3) is 5.69 Å². The number of nitrogens with zero attached hydrogens (tertiary/aromatic N) is 3. The Kier molecular flexibility index (Phi) is 3.64. The number of azo groups is 1. The first-order chi connectivity index (χ1) is 8.65. The zero-order valence-electron chi connectivity index (χ0n) is 9.15. The second-order valence-electron chi connectivity index (χ2n) is 3.45. The molecule has 2 aromatic rings. The van der Waals surface area contributed by atoms with Crippen LogP contribution in [0.15, 0.2) is 58.8 Å². The van der Waals surface area contributed by atoms with Gasteiger partial charge in [-0.1, -0.05) is 17.7 Å². The second kappa shape index (κ2) is 5.37. The van der Waals surface area contributed by atoms with E-state index in [2.05, 4.69) is 10.2 Å². The fourth-order valence-electron chi connectivity index (χ4n) is 1.29. The van der Waals surface area contributed by atoms with Crippen molar-refractivity contribution in [2.45, 2.75) is 0 Å². The standard InChI is InChI=1S/C12H8ClN3O2/c13-9-4-6-10(7-5-9)14-15-11-2-1-3-12(8-11)16(17)18/h1-8H. The highest BCUT2D eigenvalue weighted by Crippen LogP contribution is 2.23. The molecule has 0 aliphatic carbocycles. The molecule has 0 amide bonds. The molecule has 0 aromatic heterocycles. The summed E-state index contributed by atoms with van der Waals surface area (Å²) in [6.07, 6.45) is 0. The van der Waals surface area contributed by atoms with E-state index in [1.807, 2.05) is 0 Å². The van der Waals surface area contributed by atoms with E-state index in [1.165, 1.54) is 12.1 Å². The lowest BCUT2D eigenvalue weighted by atomic mass is 10.3. The van der Waals surface area contributed by atoms with E-state index in [4.69, 9.17) is 11.6 Å². The number of nitro benzene ring substituents is 1. The minimum atomic E-state index is -0.471. The SMILES string of the molecule is O=[N+]([O-])c1cccc(N=Nc2ccc(Cl)cc2)c1. The minimum Gasteiger partial charge on any atom is -0.258 e. The van der Waals surface area contributed by atoms with Crippen LogP contribution in [0.4, 0.5) is 17.1 Å². The summed E-state index contributed by atoms with van der Waals surface area (Å²) in [5.74, 6) is 0. The summed E-state index contributed by atoms with van der Waals surface area (Å²) >= 11 is 5.74. The summed E-state index contributed by atoms with van der Waals surface area (Å²) < 4.78 is 0. The van der Waals surface area contributed by atoms with E-state index in [9.17, 15) is 10.1 Å². The number of halogens is 1. The van der Waals surface area contributed by atoms with Crippen LogP contribution in [0.5, 0.6) is 0 Å². The Morgan fingerprint density at radius 1 is 1.00 bits per heavy atom. The highest BCUT2D eigenvalue weighted by atomic mass is 35.5. The lowest BCUT2D eigenvalue weighted by molar-refractivity contribution is -0.384. The van der Waals surface area contributed by atoms with Crippen LogP contribution in [0, 0.1) is 10.1 Å². The third-order valence-electron chi connectivity index (χ3n) is 2.15. The van der Waals surface area contributed by atoms with Crippen molar-refractivity contribution in [1.29, 1.82) is 0 Å². The van der Waals surface area contributed by atoms with Gasteiger partial charge >= 0.3 is 0 Å². The van der Waals surface area contributed by atoms with Crippen LogP contribution in [0.2, 0.25) is 5.02 Å². The Morgan fingerprint density at radius 2 is 1.67 bits per heavy atom. The van der Waals surface area contributed by atoms with Crippen molar-refractivity contribution in [2.24, 2.45) is 10.2 Å². The smallest absolute Gasteiger partial charge is 0.258 e. The largest absolute Gasteiger partial charge is 0.271 e. The van der Waals surface area contributed by atoms with Crippen LogP contribution in [0.1, 0.15) is 0 Å². The normalized spacial score (nSPS) is 10.7. The Hall–Kier alpha value is -2.27. The highest BCUT2D eigenvalue weighted by Gasteiger charge is 2.04. The van der Waals surface area contributed by atoms with E-state index in [1.54, 1.807) is 36.4 Å². The number of nitro groups is 1. The van der Waals surface area contributed by atoms with Gasteiger partial charge in [-0.05, 0) is 30.3 Å².